The van der Waals surface area contributed by atoms with Gasteiger partial charge in [0.1, 0.15) is 0 Å². The zero-order valence-electron chi connectivity index (χ0n) is 9.56. The van der Waals surface area contributed by atoms with Crippen molar-refractivity contribution in [2.45, 2.75) is 30.8 Å². The second kappa shape index (κ2) is 8.50. The van der Waals surface area contributed by atoms with E-state index in [0.29, 0.717) is 10.4 Å². The number of benzene rings is 1. The summed E-state index contributed by atoms with van der Waals surface area (Å²) >= 11 is -0.407. The molecular weight excluding hydrogens is 316 g/mol. The Kier molecular flexibility index (Phi) is 7.12. The molecule has 3 heteroatoms. The fraction of sp³-hybridized carbons (Fsp3) is 0.385. The molecule has 0 aliphatic carbocycles. The predicted octanol–water partition coefficient (Wildman–Crippen LogP) is 3.48. The number of hydrogen-bond acceptors (Lipinski definition) is 2. The van der Waals surface area contributed by atoms with Crippen LogP contribution in [0, 0.1) is 0 Å². The first kappa shape index (κ1) is 13.4. The van der Waals surface area contributed by atoms with Crippen molar-refractivity contribution in [3.63, 3.8) is 0 Å². The van der Waals surface area contributed by atoms with E-state index < -0.39 is 20.9 Å². The average molecular weight is 334 g/mol. The van der Waals surface area contributed by atoms with E-state index in [9.17, 15) is 5.11 Å². The standard InChI is InChI=1S/C13H18O2Te/c1-2-3-9-16-13(14)11-15-10-12-7-5-4-6-8-12/h4-8,11,14H,2-3,9-10H2,1H3/b13-11-. The van der Waals surface area contributed by atoms with Crippen LogP contribution in [-0.2, 0) is 11.3 Å². The van der Waals surface area contributed by atoms with Crippen molar-refractivity contribution in [1.82, 2.24) is 0 Å². The molecule has 1 rings (SSSR count). The van der Waals surface area contributed by atoms with Gasteiger partial charge in [0.05, 0.1) is 0 Å². The molecule has 0 fully saturated rings. The molecule has 0 spiro atoms. The number of aliphatic hydroxyl groups excluding tert-OH is 1. The molecule has 0 aliphatic rings. The van der Waals surface area contributed by atoms with Gasteiger partial charge < -0.3 is 0 Å². The van der Waals surface area contributed by atoms with Crippen molar-refractivity contribution >= 4 is 20.9 Å². The minimum atomic E-state index is -0.407. The normalized spacial score (nSPS) is 11.4. The predicted molar refractivity (Wildman–Crippen MR) is 67.4 cm³/mol. The molecule has 0 bridgehead atoms. The van der Waals surface area contributed by atoms with Crippen LogP contribution in [0.5, 0.6) is 0 Å². The third-order valence-corrected chi connectivity index (χ3v) is 4.55. The molecule has 0 saturated heterocycles. The summed E-state index contributed by atoms with van der Waals surface area (Å²) in [6, 6.07) is 9.97. The minimum absolute atomic E-state index is 0.407. The van der Waals surface area contributed by atoms with Gasteiger partial charge in [-0.2, -0.15) is 0 Å². The van der Waals surface area contributed by atoms with Crippen LogP contribution in [0.3, 0.4) is 0 Å². The first-order valence-electron chi connectivity index (χ1n) is 5.50. The number of unbranched alkanes of at least 4 members (excludes halogenated alkanes) is 1. The van der Waals surface area contributed by atoms with Crippen molar-refractivity contribution in [3.05, 3.63) is 46.0 Å². The van der Waals surface area contributed by atoms with Crippen LogP contribution >= 0.6 is 0 Å². The average Bonchev–Trinajstić information content (AvgIpc) is 2.31. The summed E-state index contributed by atoms with van der Waals surface area (Å²) in [5.41, 5.74) is 1.13. The van der Waals surface area contributed by atoms with Crippen LogP contribution in [-0.4, -0.2) is 26.0 Å². The monoisotopic (exact) mass is 336 g/mol. The van der Waals surface area contributed by atoms with Gasteiger partial charge in [0, 0.05) is 0 Å². The van der Waals surface area contributed by atoms with Gasteiger partial charge in [0.15, 0.2) is 0 Å². The van der Waals surface area contributed by atoms with E-state index >= 15 is 0 Å². The van der Waals surface area contributed by atoms with E-state index in [1.54, 1.807) is 0 Å². The summed E-state index contributed by atoms with van der Waals surface area (Å²) in [7, 11) is 0. The summed E-state index contributed by atoms with van der Waals surface area (Å²) in [6.45, 7) is 2.70. The van der Waals surface area contributed by atoms with Crippen molar-refractivity contribution in [2.75, 3.05) is 0 Å². The number of rotatable bonds is 7. The first-order valence-corrected chi connectivity index (χ1v) is 8.31. The molecule has 1 N–H and O–H groups in total. The Balaban J connectivity index is 2.20. The molecule has 0 amide bonds. The van der Waals surface area contributed by atoms with Crippen LogP contribution in [0.2, 0.25) is 4.47 Å². The number of aliphatic hydroxyl groups is 1. The zero-order valence-corrected chi connectivity index (χ0v) is 11.9. The Morgan fingerprint density at radius 2 is 2.12 bits per heavy atom. The first-order chi connectivity index (χ1) is 7.83. The second-order valence-corrected chi connectivity index (χ2v) is 6.64. The van der Waals surface area contributed by atoms with E-state index in [-0.39, 0.29) is 0 Å². The molecule has 1 aromatic rings. The van der Waals surface area contributed by atoms with Crippen LogP contribution in [0.1, 0.15) is 25.3 Å². The van der Waals surface area contributed by atoms with E-state index in [1.807, 2.05) is 30.3 Å². The summed E-state index contributed by atoms with van der Waals surface area (Å²) in [5, 5.41) is 9.55. The molecule has 0 atom stereocenters. The summed E-state index contributed by atoms with van der Waals surface area (Å²) in [4.78, 5) is 0. The van der Waals surface area contributed by atoms with Crippen molar-refractivity contribution < 1.29 is 9.84 Å². The van der Waals surface area contributed by atoms with E-state index in [1.165, 1.54) is 19.1 Å². The Hall–Kier alpha value is -0.650. The third-order valence-electron chi connectivity index (χ3n) is 2.02. The fourth-order valence-corrected chi connectivity index (χ4v) is 3.36. The van der Waals surface area contributed by atoms with Gasteiger partial charge in [0.25, 0.3) is 0 Å². The maximum atomic E-state index is 9.55. The molecule has 0 heterocycles. The fourth-order valence-electron chi connectivity index (χ4n) is 1.14. The van der Waals surface area contributed by atoms with Gasteiger partial charge >= 0.3 is 108 Å². The van der Waals surface area contributed by atoms with Gasteiger partial charge in [-0.3, -0.25) is 0 Å². The SMILES string of the molecule is CCCC[Te]/C(O)=C\OCc1ccccc1. The Morgan fingerprint density at radius 1 is 1.38 bits per heavy atom. The quantitative estimate of drug-likeness (QED) is 0.470. The van der Waals surface area contributed by atoms with Gasteiger partial charge in [0.2, 0.25) is 0 Å². The zero-order chi connectivity index (χ0) is 11.6. The van der Waals surface area contributed by atoms with Crippen LogP contribution in [0.25, 0.3) is 0 Å². The molecule has 2 nitrogen and oxygen atoms in total. The Labute approximate surface area is 107 Å². The molecular formula is C13H18O2Te. The maximum absolute atomic E-state index is 9.55. The van der Waals surface area contributed by atoms with Crippen molar-refractivity contribution in [3.8, 4) is 0 Å². The van der Waals surface area contributed by atoms with Gasteiger partial charge in [-0.05, 0) is 0 Å². The molecule has 0 aromatic heterocycles. The van der Waals surface area contributed by atoms with E-state index in [2.05, 4.69) is 6.92 Å². The molecule has 0 radical (unpaired) electrons. The van der Waals surface area contributed by atoms with Crippen LogP contribution in [0.15, 0.2) is 40.4 Å². The summed E-state index contributed by atoms with van der Waals surface area (Å²) in [5.74, 6) is 0. The summed E-state index contributed by atoms with van der Waals surface area (Å²) < 4.78 is 6.95. The molecule has 0 unspecified atom stereocenters. The molecule has 88 valence electrons. The third kappa shape index (κ3) is 6.05. The van der Waals surface area contributed by atoms with Crippen molar-refractivity contribution in [2.24, 2.45) is 0 Å². The second-order valence-electron chi connectivity index (χ2n) is 3.45. The molecule has 0 aliphatic heterocycles. The molecule has 1 aromatic carbocycles. The topological polar surface area (TPSA) is 29.5 Å². The van der Waals surface area contributed by atoms with Crippen LogP contribution in [0.4, 0.5) is 0 Å². The van der Waals surface area contributed by atoms with Crippen molar-refractivity contribution in [1.29, 1.82) is 0 Å². The molecule has 0 saturated carbocycles. The Morgan fingerprint density at radius 3 is 2.81 bits per heavy atom. The van der Waals surface area contributed by atoms with Gasteiger partial charge in [-0.25, -0.2) is 0 Å². The van der Waals surface area contributed by atoms with Gasteiger partial charge in [-0.1, -0.05) is 0 Å². The molecule has 16 heavy (non-hydrogen) atoms. The van der Waals surface area contributed by atoms with Gasteiger partial charge in [-0.15, -0.1) is 0 Å². The van der Waals surface area contributed by atoms with E-state index in [0.717, 1.165) is 10.0 Å². The Bertz CT molecular complexity index is 309. The summed E-state index contributed by atoms with van der Waals surface area (Å²) in [6.07, 6.45) is 3.92. The number of ether oxygens (including phenoxy) is 1. The number of hydrogen-bond donors (Lipinski definition) is 1. The van der Waals surface area contributed by atoms with E-state index in [4.69, 9.17) is 4.74 Å². The van der Waals surface area contributed by atoms with Crippen LogP contribution < -0.4 is 0 Å².